The van der Waals surface area contributed by atoms with Crippen LogP contribution in [-0.2, 0) is 17.3 Å². The lowest BCUT2D eigenvalue weighted by Crippen LogP contribution is -2.01. The average molecular weight is 213 g/mol. The van der Waals surface area contributed by atoms with Gasteiger partial charge in [0.2, 0.25) is 0 Å². The van der Waals surface area contributed by atoms with Gasteiger partial charge in [0, 0.05) is 12.0 Å². The highest BCUT2D eigenvalue weighted by Gasteiger charge is 2.33. The van der Waals surface area contributed by atoms with Crippen LogP contribution in [0.2, 0.25) is 0 Å². The first-order chi connectivity index (χ1) is 7.45. The molecule has 2 aromatic rings. The van der Waals surface area contributed by atoms with Gasteiger partial charge in [0.15, 0.2) is 9.79 Å². The van der Waals surface area contributed by atoms with Gasteiger partial charge >= 0.3 is 0 Å². The van der Waals surface area contributed by atoms with Crippen molar-refractivity contribution in [2.24, 2.45) is 0 Å². The monoisotopic (exact) mass is 213 g/mol. The van der Waals surface area contributed by atoms with E-state index in [-0.39, 0.29) is 0 Å². The fraction of sp³-hybridized carbons (Fsp3) is 0.143. The van der Waals surface area contributed by atoms with Gasteiger partial charge in [-0.2, -0.15) is 0 Å². The molecule has 0 spiro atoms. The third-order valence-electron chi connectivity index (χ3n) is 2.84. The molecule has 0 amide bonds. The summed E-state index contributed by atoms with van der Waals surface area (Å²) in [6.07, 6.45) is 1.24. The van der Waals surface area contributed by atoms with E-state index in [1.165, 1.54) is 17.1 Å². The molecule has 0 N–H and O–H groups in total. The van der Waals surface area contributed by atoms with Crippen molar-refractivity contribution in [3.8, 4) is 0 Å². The van der Waals surface area contributed by atoms with Crippen LogP contribution in [-0.4, -0.2) is 5.75 Å². The first kappa shape index (κ1) is 9.05. The van der Waals surface area contributed by atoms with Gasteiger partial charge in [0.25, 0.3) is 0 Å². The number of fused-ring (bicyclic) bond motifs is 1. The molecule has 1 aliphatic heterocycles. The molecule has 74 valence electrons. The van der Waals surface area contributed by atoms with Crippen molar-refractivity contribution in [2.75, 3.05) is 5.75 Å². The van der Waals surface area contributed by atoms with Crippen LogP contribution in [0.5, 0.6) is 0 Å². The molecule has 0 fully saturated rings. The molecular formula is C14H13S+. The summed E-state index contributed by atoms with van der Waals surface area (Å²) >= 11 is 0. The molecule has 2 aromatic carbocycles. The Morgan fingerprint density at radius 1 is 0.800 bits per heavy atom. The van der Waals surface area contributed by atoms with E-state index in [4.69, 9.17) is 0 Å². The van der Waals surface area contributed by atoms with Crippen molar-refractivity contribution < 1.29 is 0 Å². The molecule has 1 atom stereocenters. The van der Waals surface area contributed by atoms with Crippen LogP contribution in [0, 0.1) is 0 Å². The second kappa shape index (κ2) is 3.74. The maximum atomic E-state index is 2.29. The van der Waals surface area contributed by atoms with Gasteiger partial charge in [-0.3, -0.25) is 0 Å². The van der Waals surface area contributed by atoms with Crippen LogP contribution >= 0.6 is 0 Å². The molecule has 3 rings (SSSR count). The number of hydrogen-bond donors (Lipinski definition) is 0. The summed E-state index contributed by atoms with van der Waals surface area (Å²) in [5.41, 5.74) is 1.55. The minimum absolute atomic E-state index is 0.334. The number of benzene rings is 2. The van der Waals surface area contributed by atoms with Gasteiger partial charge in [-0.25, -0.2) is 0 Å². The summed E-state index contributed by atoms with van der Waals surface area (Å²) in [6, 6.07) is 19.8. The van der Waals surface area contributed by atoms with Crippen molar-refractivity contribution in [2.45, 2.75) is 16.2 Å². The van der Waals surface area contributed by atoms with Gasteiger partial charge in [0.1, 0.15) is 5.75 Å². The second-order valence-corrected chi connectivity index (χ2v) is 5.87. The molecule has 0 radical (unpaired) electrons. The van der Waals surface area contributed by atoms with E-state index < -0.39 is 0 Å². The highest BCUT2D eigenvalue weighted by atomic mass is 32.2. The van der Waals surface area contributed by atoms with Crippen molar-refractivity contribution >= 4 is 10.9 Å². The van der Waals surface area contributed by atoms with Crippen LogP contribution in [0.4, 0.5) is 0 Å². The largest absolute Gasteiger partial charge is 0.164 e. The molecule has 0 aromatic heterocycles. The van der Waals surface area contributed by atoms with E-state index >= 15 is 0 Å². The fourth-order valence-electron chi connectivity index (χ4n) is 2.10. The molecule has 1 heteroatoms. The lowest BCUT2D eigenvalue weighted by molar-refractivity contribution is 1.15. The molecular weight excluding hydrogens is 200 g/mol. The van der Waals surface area contributed by atoms with Gasteiger partial charge in [-0.05, 0) is 18.2 Å². The first-order valence-electron chi connectivity index (χ1n) is 5.29. The minimum atomic E-state index is 0.334. The molecule has 0 bridgehead atoms. The van der Waals surface area contributed by atoms with E-state index in [0.717, 1.165) is 0 Å². The molecule has 0 nitrogen and oxygen atoms in total. The Kier molecular flexibility index (Phi) is 2.26. The average Bonchev–Trinajstić information content (AvgIpc) is 2.74. The second-order valence-electron chi connectivity index (χ2n) is 3.77. The lowest BCUT2D eigenvalue weighted by Gasteiger charge is -2.00. The Bertz CT molecular complexity index is 462. The zero-order valence-electron chi connectivity index (χ0n) is 8.52. The molecule has 1 heterocycles. The number of aryl methyl sites for hydroxylation is 1. The van der Waals surface area contributed by atoms with Crippen LogP contribution in [0.25, 0.3) is 0 Å². The van der Waals surface area contributed by atoms with E-state index in [1.54, 1.807) is 10.5 Å². The Morgan fingerprint density at radius 2 is 1.53 bits per heavy atom. The van der Waals surface area contributed by atoms with Crippen LogP contribution in [0.15, 0.2) is 64.4 Å². The van der Waals surface area contributed by atoms with E-state index in [9.17, 15) is 0 Å². The van der Waals surface area contributed by atoms with Gasteiger partial charge in [-0.1, -0.05) is 36.4 Å². The van der Waals surface area contributed by atoms with Crippen molar-refractivity contribution in [1.82, 2.24) is 0 Å². The zero-order chi connectivity index (χ0) is 10.1. The predicted molar refractivity (Wildman–Crippen MR) is 65.4 cm³/mol. The molecule has 0 saturated heterocycles. The van der Waals surface area contributed by atoms with E-state index in [1.807, 2.05) is 0 Å². The summed E-state index contributed by atoms with van der Waals surface area (Å²) in [5, 5.41) is 0. The summed E-state index contributed by atoms with van der Waals surface area (Å²) in [5.74, 6) is 1.30. The van der Waals surface area contributed by atoms with E-state index in [2.05, 4.69) is 54.6 Å². The molecule has 15 heavy (non-hydrogen) atoms. The molecule has 0 saturated carbocycles. The van der Waals surface area contributed by atoms with Crippen molar-refractivity contribution in [1.29, 1.82) is 0 Å². The fourth-order valence-corrected chi connectivity index (χ4v) is 4.45. The Morgan fingerprint density at radius 3 is 2.40 bits per heavy atom. The summed E-state index contributed by atoms with van der Waals surface area (Å²) in [4.78, 5) is 3.05. The maximum absolute atomic E-state index is 2.29. The number of rotatable bonds is 1. The Balaban J connectivity index is 2.05. The van der Waals surface area contributed by atoms with Crippen molar-refractivity contribution in [3.05, 3.63) is 60.2 Å². The van der Waals surface area contributed by atoms with Gasteiger partial charge < -0.3 is 0 Å². The molecule has 0 aliphatic carbocycles. The minimum Gasteiger partial charge on any atom is -0.0619 e. The Labute approximate surface area is 93.3 Å². The lowest BCUT2D eigenvalue weighted by atomic mass is 10.2. The predicted octanol–water partition coefficient (Wildman–Crippen LogP) is 3.28. The maximum Gasteiger partial charge on any atom is 0.164 e. The topological polar surface area (TPSA) is 0 Å². The summed E-state index contributed by atoms with van der Waals surface area (Å²) < 4.78 is 0. The summed E-state index contributed by atoms with van der Waals surface area (Å²) in [6.45, 7) is 0. The smallest absolute Gasteiger partial charge is 0.0619 e. The first-order valence-corrected chi connectivity index (χ1v) is 6.68. The quantitative estimate of drug-likeness (QED) is 0.638. The van der Waals surface area contributed by atoms with Crippen molar-refractivity contribution in [3.63, 3.8) is 0 Å². The molecule has 1 unspecified atom stereocenters. The normalized spacial score (nSPS) is 18.8. The number of hydrogen-bond acceptors (Lipinski definition) is 0. The summed E-state index contributed by atoms with van der Waals surface area (Å²) in [7, 11) is 0.334. The SMILES string of the molecule is c1ccc([S+]2CCc3ccccc32)cc1. The van der Waals surface area contributed by atoms with Crippen LogP contribution in [0.1, 0.15) is 5.56 Å². The van der Waals surface area contributed by atoms with Crippen LogP contribution in [0.3, 0.4) is 0 Å². The standard InChI is InChI=1S/C14H13S/c1-2-7-13(8-3-1)15-11-10-12-6-4-5-9-14(12)15/h1-9H,10-11H2/q+1. The highest BCUT2D eigenvalue weighted by molar-refractivity contribution is 7.97. The third-order valence-corrected chi connectivity index (χ3v) is 5.22. The zero-order valence-corrected chi connectivity index (χ0v) is 9.34. The Hall–Kier alpha value is -1.21. The van der Waals surface area contributed by atoms with Crippen LogP contribution < -0.4 is 0 Å². The highest BCUT2D eigenvalue weighted by Crippen LogP contribution is 2.32. The van der Waals surface area contributed by atoms with Gasteiger partial charge in [0.05, 0.1) is 10.9 Å². The third kappa shape index (κ3) is 1.57. The van der Waals surface area contributed by atoms with E-state index in [0.29, 0.717) is 10.9 Å². The van der Waals surface area contributed by atoms with Gasteiger partial charge in [-0.15, -0.1) is 0 Å². The molecule has 1 aliphatic rings.